The van der Waals surface area contributed by atoms with Crippen LogP contribution >= 0.6 is 11.6 Å². The van der Waals surface area contributed by atoms with Crippen molar-refractivity contribution in [3.8, 4) is 0 Å². The fraction of sp³-hybridized carbons (Fsp3) is 0.412. The zero-order valence-corrected chi connectivity index (χ0v) is 15.4. The van der Waals surface area contributed by atoms with Crippen molar-refractivity contribution >= 4 is 23.6 Å². The molecule has 2 rings (SSSR count). The predicted molar refractivity (Wildman–Crippen MR) is 96.3 cm³/mol. The molecule has 0 N–H and O–H groups in total. The van der Waals surface area contributed by atoms with Crippen LogP contribution in [0, 0.1) is 6.92 Å². The van der Waals surface area contributed by atoms with E-state index in [-0.39, 0.29) is 5.91 Å². The van der Waals surface area contributed by atoms with Crippen LogP contribution < -0.4 is 0 Å². The number of benzene rings is 1. The molecule has 0 spiro atoms. The van der Waals surface area contributed by atoms with Gasteiger partial charge >= 0.3 is 0 Å². The molecular weight excluding hydrogens is 342 g/mol. The maximum atomic E-state index is 12.3. The summed E-state index contributed by atoms with van der Waals surface area (Å²) >= 11 is 6.10. The number of carbonyl (C=O) groups is 1. The van der Waals surface area contributed by atoms with Crippen LogP contribution in [0.5, 0.6) is 0 Å². The van der Waals surface area contributed by atoms with Crippen molar-refractivity contribution < 1.29 is 9.53 Å². The molecular formula is C17H22ClN5O2. The normalized spacial score (nSPS) is 11.2. The molecule has 0 aliphatic carbocycles. The van der Waals surface area contributed by atoms with Gasteiger partial charge in [0.25, 0.3) is 0 Å². The Bertz CT molecular complexity index is 744. The van der Waals surface area contributed by atoms with Gasteiger partial charge in [0.05, 0.1) is 13.2 Å². The highest BCUT2D eigenvalue weighted by Crippen LogP contribution is 2.18. The number of rotatable bonds is 8. The van der Waals surface area contributed by atoms with Gasteiger partial charge in [0.2, 0.25) is 5.91 Å². The van der Waals surface area contributed by atoms with Crippen molar-refractivity contribution in [2.24, 2.45) is 0 Å². The first-order valence-electron chi connectivity index (χ1n) is 8.02. The minimum atomic E-state index is -0.0600. The second-order valence-corrected chi connectivity index (χ2v) is 5.89. The van der Waals surface area contributed by atoms with Gasteiger partial charge in [-0.25, -0.2) is 0 Å². The molecule has 0 saturated carbocycles. The maximum absolute atomic E-state index is 12.3. The number of ether oxygens (including phenoxy) is 1. The average molecular weight is 364 g/mol. The van der Waals surface area contributed by atoms with E-state index in [2.05, 4.69) is 15.4 Å². The Hall–Kier alpha value is -2.25. The van der Waals surface area contributed by atoms with Gasteiger partial charge in [-0.05, 0) is 48.4 Å². The highest BCUT2D eigenvalue weighted by atomic mass is 35.5. The molecule has 0 radical (unpaired) electrons. The zero-order chi connectivity index (χ0) is 18.2. The summed E-state index contributed by atoms with van der Waals surface area (Å²) in [7, 11) is 1.62. The highest BCUT2D eigenvalue weighted by Gasteiger charge is 2.09. The summed E-state index contributed by atoms with van der Waals surface area (Å²) in [5.41, 5.74) is 1.80. The molecule has 134 valence electrons. The summed E-state index contributed by atoms with van der Waals surface area (Å²) in [6, 6.07) is 5.50. The Morgan fingerprint density at radius 2 is 2.24 bits per heavy atom. The predicted octanol–water partition coefficient (Wildman–Crippen LogP) is 2.19. The number of likely N-dealkylation sites (N-methyl/N-ethyl adjacent to an activating group) is 1. The molecule has 0 bridgehead atoms. The Morgan fingerprint density at radius 3 is 2.88 bits per heavy atom. The highest BCUT2D eigenvalue weighted by molar-refractivity contribution is 6.30. The van der Waals surface area contributed by atoms with Crippen LogP contribution in [0.15, 0.2) is 24.3 Å². The third kappa shape index (κ3) is 5.65. The fourth-order valence-electron chi connectivity index (χ4n) is 2.31. The van der Waals surface area contributed by atoms with E-state index < -0.39 is 0 Å². The molecule has 0 aliphatic heterocycles. The number of hydrogen-bond acceptors (Lipinski definition) is 5. The topological polar surface area (TPSA) is 73.1 Å². The summed E-state index contributed by atoms with van der Waals surface area (Å²) in [5, 5.41) is 12.6. The van der Waals surface area contributed by atoms with Crippen molar-refractivity contribution in [1.29, 1.82) is 0 Å². The lowest BCUT2D eigenvalue weighted by molar-refractivity contribution is -0.126. The summed E-state index contributed by atoms with van der Waals surface area (Å²) < 4.78 is 5.03. The second kappa shape index (κ2) is 9.29. The number of carbonyl (C=O) groups excluding carboxylic acids is 1. The molecule has 1 aromatic heterocycles. The molecule has 0 fully saturated rings. The summed E-state index contributed by atoms with van der Waals surface area (Å²) in [6.07, 6.45) is 3.35. The van der Waals surface area contributed by atoms with Crippen molar-refractivity contribution in [3.05, 3.63) is 46.2 Å². The monoisotopic (exact) mass is 363 g/mol. The molecule has 8 heteroatoms. The second-order valence-electron chi connectivity index (χ2n) is 5.45. The van der Waals surface area contributed by atoms with Gasteiger partial charge in [-0.2, -0.15) is 4.80 Å². The Kier molecular flexibility index (Phi) is 7.09. The molecule has 25 heavy (non-hydrogen) atoms. The Balaban J connectivity index is 2.16. The van der Waals surface area contributed by atoms with Crippen LogP contribution in [-0.4, -0.2) is 57.8 Å². The van der Waals surface area contributed by atoms with Gasteiger partial charge in [-0.3, -0.25) is 4.79 Å². The Labute approximate surface area is 152 Å². The number of nitrogens with zero attached hydrogens (tertiary/aromatic N) is 5. The number of hydrogen-bond donors (Lipinski definition) is 0. The minimum Gasteiger partial charge on any atom is -0.383 e. The molecule has 2 aromatic rings. The van der Waals surface area contributed by atoms with E-state index >= 15 is 0 Å². The standard InChI is InChI=1S/C17H22ClN5O2/c1-4-22(9-10-25-3)17(24)8-6-14-5-7-16(18)11-15(14)12-23-20-13(2)19-21-23/h5-8,11H,4,9-10,12H2,1-3H3. The van der Waals surface area contributed by atoms with Gasteiger partial charge in [0, 0.05) is 31.3 Å². The van der Waals surface area contributed by atoms with Crippen LogP contribution in [0.25, 0.3) is 6.08 Å². The van der Waals surface area contributed by atoms with Crippen molar-refractivity contribution in [3.63, 3.8) is 0 Å². The largest absolute Gasteiger partial charge is 0.383 e. The van der Waals surface area contributed by atoms with Gasteiger partial charge in [0.15, 0.2) is 5.82 Å². The summed E-state index contributed by atoms with van der Waals surface area (Å²) in [5.74, 6) is 0.543. The van der Waals surface area contributed by atoms with Crippen LogP contribution in [0.3, 0.4) is 0 Å². The van der Waals surface area contributed by atoms with Gasteiger partial charge < -0.3 is 9.64 Å². The maximum Gasteiger partial charge on any atom is 0.246 e. The van der Waals surface area contributed by atoms with Crippen LogP contribution in [-0.2, 0) is 16.1 Å². The SMILES string of the molecule is CCN(CCOC)C(=O)C=Cc1ccc(Cl)cc1Cn1nnc(C)n1. The lowest BCUT2D eigenvalue weighted by Gasteiger charge is -2.18. The first-order valence-corrected chi connectivity index (χ1v) is 8.40. The minimum absolute atomic E-state index is 0.0600. The van der Waals surface area contributed by atoms with E-state index in [1.165, 1.54) is 4.80 Å². The Morgan fingerprint density at radius 1 is 1.44 bits per heavy atom. The van der Waals surface area contributed by atoms with Crippen molar-refractivity contribution in [1.82, 2.24) is 25.1 Å². The number of halogens is 1. The fourth-order valence-corrected chi connectivity index (χ4v) is 2.50. The number of amides is 1. The molecule has 0 saturated heterocycles. The zero-order valence-electron chi connectivity index (χ0n) is 14.6. The molecule has 0 aliphatic rings. The van der Waals surface area contributed by atoms with Crippen LogP contribution in [0.2, 0.25) is 5.02 Å². The van der Waals surface area contributed by atoms with E-state index in [9.17, 15) is 4.79 Å². The van der Waals surface area contributed by atoms with Gasteiger partial charge in [-0.15, -0.1) is 10.2 Å². The quantitative estimate of drug-likeness (QED) is 0.672. The first-order chi connectivity index (χ1) is 12.0. The summed E-state index contributed by atoms with van der Waals surface area (Å²) in [6.45, 7) is 5.84. The molecule has 1 heterocycles. The first kappa shape index (κ1) is 19.1. The average Bonchev–Trinajstić information content (AvgIpc) is 2.99. The third-order valence-electron chi connectivity index (χ3n) is 3.63. The van der Waals surface area contributed by atoms with E-state index in [0.29, 0.717) is 37.1 Å². The smallest absolute Gasteiger partial charge is 0.246 e. The summed E-state index contributed by atoms with van der Waals surface area (Å²) in [4.78, 5) is 15.5. The lowest BCUT2D eigenvalue weighted by Crippen LogP contribution is -2.32. The van der Waals surface area contributed by atoms with Gasteiger partial charge in [-0.1, -0.05) is 17.7 Å². The van der Waals surface area contributed by atoms with Crippen LogP contribution in [0.4, 0.5) is 0 Å². The van der Waals surface area contributed by atoms with E-state index in [0.717, 1.165) is 11.1 Å². The van der Waals surface area contributed by atoms with E-state index in [1.807, 2.05) is 19.1 Å². The molecule has 1 amide bonds. The van der Waals surface area contributed by atoms with E-state index in [4.69, 9.17) is 16.3 Å². The number of aryl methyl sites for hydroxylation is 1. The van der Waals surface area contributed by atoms with Crippen molar-refractivity contribution in [2.75, 3.05) is 26.8 Å². The molecule has 7 nitrogen and oxygen atoms in total. The molecule has 1 aromatic carbocycles. The lowest BCUT2D eigenvalue weighted by atomic mass is 10.1. The van der Waals surface area contributed by atoms with Gasteiger partial charge in [0.1, 0.15) is 0 Å². The molecule has 0 atom stereocenters. The number of aromatic nitrogens is 4. The van der Waals surface area contributed by atoms with Crippen LogP contribution in [0.1, 0.15) is 23.9 Å². The van der Waals surface area contributed by atoms with E-state index in [1.54, 1.807) is 37.2 Å². The van der Waals surface area contributed by atoms with Crippen molar-refractivity contribution in [2.45, 2.75) is 20.4 Å². The molecule has 0 unspecified atom stereocenters. The third-order valence-corrected chi connectivity index (χ3v) is 3.87. The number of methoxy groups -OCH3 is 1. The number of tetrazole rings is 1.